The van der Waals surface area contributed by atoms with Gasteiger partial charge in [-0.3, -0.25) is 9.59 Å². The van der Waals surface area contributed by atoms with E-state index in [1.165, 1.54) is 5.01 Å². The molecule has 13 nitrogen and oxygen atoms in total. The number of ketones is 1. The smallest absolute Gasteiger partial charge is 0.328 e. The van der Waals surface area contributed by atoms with Gasteiger partial charge in [-0.15, -0.1) is 0 Å². The maximum absolute atomic E-state index is 11.9. The summed E-state index contributed by atoms with van der Waals surface area (Å²) in [4.78, 5) is 33.7. The van der Waals surface area contributed by atoms with Gasteiger partial charge in [0.25, 0.3) is 0 Å². The van der Waals surface area contributed by atoms with Gasteiger partial charge >= 0.3 is 5.97 Å². The standard InChI is InChI=1S/C30H56N4O9/c1-27(31)26-34(32)15-17-40-19-21-42-23-25-43-24-22-41-20-18-39-16-14-33-29(36)11-9-7-5-3-2-4-6-8-10-28(35)12-13-30(37)38/h12-13,26H,2-11,14-25,31-32H2,1H3,(H,33,36)(H,37,38)/b13-12+,27-26-. The van der Waals surface area contributed by atoms with Crippen molar-refractivity contribution in [1.82, 2.24) is 10.3 Å². The monoisotopic (exact) mass is 616 g/mol. The van der Waals surface area contributed by atoms with Crippen LogP contribution in [0.1, 0.15) is 71.1 Å². The maximum atomic E-state index is 11.9. The number of carboxylic acids is 1. The van der Waals surface area contributed by atoms with E-state index >= 15 is 0 Å². The molecule has 0 unspecified atom stereocenters. The van der Waals surface area contributed by atoms with E-state index in [9.17, 15) is 14.4 Å². The molecule has 0 aromatic rings. The lowest BCUT2D eigenvalue weighted by Gasteiger charge is -2.14. The zero-order chi connectivity index (χ0) is 31.8. The van der Waals surface area contributed by atoms with Crippen LogP contribution in [-0.4, -0.2) is 107 Å². The Kier molecular flexibility index (Phi) is 29.1. The van der Waals surface area contributed by atoms with Crippen molar-refractivity contribution in [1.29, 1.82) is 0 Å². The lowest BCUT2D eigenvalue weighted by Crippen LogP contribution is -2.30. The molecule has 0 aromatic heterocycles. The van der Waals surface area contributed by atoms with Crippen LogP contribution in [0.15, 0.2) is 24.0 Å². The highest BCUT2D eigenvalue weighted by atomic mass is 16.6. The number of carboxylic acid groups (broad SMARTS) is 1. The minimum absolute atomic E-state index is 0.0455. The molecule has 13 heteroatoms. The van der Waals surface area contributed by atoms with E-state index in [4.69, 9.17) is 40.4 Å². The first-order valence-corrected chi connectivity index (χ1v) is 15.4. The first-order valence-electron chi connectivity index (χ1n) is 15.4. The predicted octanol–water partition coefficient (Wildman–Crippen LogP) is 2.29. The number of rotatable bonds is 32. The number of nitrogens with one attached hydrogen (secondary N) is 1. The summed E-state index contributed by atoms with van der Waals surface area (Å²) in [7, 11) is 0. The molecule has 0 rings (SSSR count). The van der Waals surface area contributed by atoms with Crippen LogP contribution in [0.3, 0.4) is 0 Å². The first kappa shape index (κ1) is 40.5. The summed E-state index contributed by atoms with van der Waals surface area (Å²) in [5.74, 6) is 4.51. The molecule has 0 atom stereocenters. The number of nitrogens with two attached hydrogens (primary N) is 2. The molecule has 250 valence electrons. The highest BCUT2D eigenvalue weighted by Gasteiger charge is 2.02. The average molecular weight is 617 g/mol. The van der Waals surface area contributed by atoms with Gasteiger partial charge in [0, 0.05) is 37.4 Å². The van der Waals surface area contributed by atoms with Crippen molar-refractivity contribution >= 4 is 17.7 Å². The number of amides is 1. The van der Waals surface area contributed by atoms with Crippen molar-refractivity contribution in [2.45, 2.75) is 71.1 Å². The largest absolute Gasteiger partial charge is 0.478 e. The van der Waals surface area contributed by atoms with E-state index in [1.54, 1.807) is 13.1 Å². The lowest BCUT2D eigenvalue weighted by molar-refractivity contribution is -0.131. The van der Waals surface area contributed by atoms with Gasteiger partial charge in [-0.25, -0.2) is 10.6 Å². The SMILES string of the molecule is C/C(N)=C/N(N)CCOCCOCCOCCOCCOCCNC(=O)CCCCCCCCCCC(=O)/C=C/C(=O)O. The first-order chi connectivity index (χ1) is 20.8. The number of ether oxygens (including phenoxy) is 5. The van der Waals surface area contributed by atoms with E-state index in [2.05, 4.69) is 5.32 Å². The number of carbonyl (C=O) groups is 3. The van der Waals surface area contributed by atoms with Crippen LogP contribution in [0.4, 0.5) is 0 Å². The zero-order valence-corrected chi connectivity index (χ0v) is 26.1. The number of aliphatic carboxylic acids is 1. The number of carbonyl (C=O) groups excluding carboxylic acids is 2. The Morgan fingerprint density at radius 2 is 1.12 bits per heavy atom. The van der Waals surface area contributed by atoms with Crippen molar-refractivity contribution in [2.75, 3.05) is 79.2 Å². The third kappa shape index (κ3) is 33.8. The van der Waals surface area contributed by atoms with Crippen LogP contribution in [0.2, 0.25) is 0 Å². The molecular formula is C30H56N4O9. The molecule has 0 aliphatic carbocycles. The van der Waals surface area contributed by atoms with Crippen molar-refractivity contribution < 1.29 is 43.2 Å². The van der Waals surface area contributed by atoms with Gasteiger partial charge in [-0.1, -0.05) is 38.5 Å². The Morgan fingerprint density at radius 1 is 0.674 bits per heavy atom. The molecule has 0 saturated heterocycles. The number of nitrogens with zero attached hydrogens (tertiary/aromatic N) is 1. The minimum Gasteiger partial charge on any atom is -0.478 e. The Balaban J connectivity index is 3.26. The van der Waals surface area contributed by atoms with Crippen LogP contribution in [0, 0.1) is 0 Å². The molecule has 0 aliphatic rings. The molecule has 43 heavy (non-hydrogen) atoms. The maximum Gasteiger partial charge on any atom is 0.328 e. The minimum atomic E-state index is -1.10. The third-order valence-corrected chi connectivity index (χ3v) is 5.91. The van der Waals surface area contributed by atoms with Gasteiger partial charge in [-0.2, -0.15) is 0 Å². The Labute approximate surface area is 257 Å². The number of allylic oxidation sites excluding steroid dienone is 2. The molecule has 0 bridgehead atoms. The Hall–Kier alpha value is -2.55. The zero-order valence-electron chi connectivity index (χ0n) is 26.1. The molecule has 0 heterocycles. The number of unbranched alkanes of at least 4 members (excludes halogenated alkanes) is 7. The summed E-state index contributed by atoms with van der Waals surface area (Å²) in [5, 5.41) is 12.8. The molecule has 1 amide bonds. The van der Waals surface area contributed by atoms with Gasteiger partial charge in [-0.05, 0) is 25.8 Å². The number of hydrogen-bond acceptors (Lipinski definition) is 11. The van der Waals surface area contributed by atoms with Crippen LogP contribution >= 0.6 is 0 Å². The summed E-state index contributed by atoms with van der Waals surface area (Å²) in [6.45, 7) is 7.58. The van der Waals surface area contributed by atoms with Gasteiger partial charge in [0.1, 0.15) is 0 Å². The predicted molar refractivity (Wildman–Crippen MR) is 164 cm³/mol. The van der Waals surface area contributed by atoms with E-state index in [-0.39, 0.29) is 11.7 Å². The summed E-state index contributed by atoms with van der Waals surface area (Å²) < 4.78 is 27.2. The van der Waals surface area contributed by atoms with Crippen molar-refractivity contribution in [3.8, 4) is 0 Å². The van der Waals surface area contributed by atoms with E-state index in [0.29, 0.717) is 97.7 Å². The molecule has 0 aromatic carbocycles. The van der Waals surface area contributed by atoms with E-state index in [0.717, 1.165) is 63.5 Å². The fraction of sp³-hybridized carbons (Fsp3) is 0.767. The van der Waals surface area contributed by atoms with Crippen molar-refractivity contribution in [3.63, 3.8) is 0 Å². The van der Waals surface area contributed by atoms with Crippen molar-refractivity contribution in [2.24, 2.45) is 11.6 Å². The summed E-state index contributed by atoms with van der Waals surface area (Å²) in [6, 6.07) is 0. The molecule has 6 N–H and O–H groups in total. The van der Waals surface area contributed by atoms with E-state index in [1.807, 2.05) is 0 Å². The van der Waals surface area contributed by atoms with Gasteiger partial charge in [0.05, 0.1) is 72.6 Å². The van der Waals surface area contributed by atoms with Crippen LogP contribution in [-0.2, 0) is 38.1 Å². The third-order valence-electron chi connectivity index (χ3n) is 5.91. The normalized spacial score (nSPS) is 11.7. The van der Waals surface area contributed by atoms with Crippen LogP contribution < -0.4 is 16.9 Å². The number of hydrazine groups is 1. The van der Waals surface area contributed by atoms with Gasteiger partial charge in [0.2, 0.25) is 5.91 Å². The summed E-state index contributed by atoms with van der Waals surface area (Å²) >= 11 is 0. The van der Waals surface area contributed by atoms with Crippen molar-refractivity contribution in [3.05, 3.63) is 24.0 Å². The quantitative estimate of drug-likeness (QED) is 0.0375. The fourth-order valence-electron chi connectivity index (χ4n) is 3.72. The van der Waals surface area contributed by atoms with Gasteiger partial charge in [0.15, 0.2) is 5.78 Å². The van der Waals surface area contributed by atoms with E-state index < -0.39 is 5.97 Å². The average Bonchev–Trinajstić information content (AvgIpc) is 2.96. The second-order valence-corrected chi connectivity index (χ2v) is 9.99. The molecule has 0 aliphatic heterocycles. The van der Waals surface area contributed by atoms with Crippen LogP contribution in [0.25, 0.3) is 0 Å². The summed E-state index contributed by atoms with van der Waals surface area (Å²) in [5.41, 5.74) is 6.18. The lowest BCUT2D eigenvalue weighted by atomic mass is 10.1. The summed E-state index contributed by atoms with van der Waals surface area (Å²) in [6.07, 6.45) is 12.6. The molecule has 0 saturated carbocycles. The Morgan fingerprint density at radius 3 is 1.60 bits per heavy atom. The topological polar surface area (TPSA) is 185 Å². The highest BCUT2D eigenvalue weighted by molar-refractivity contribution is 5.95. The second kappa shape index (κ2) is 30.9. The second-order valence-electron chi connectivity index (χ2n) is 9.99. The highest BCUT2D eigenvalue weighted by Crippen LogP contribution is 2.11. The Bertz CT molecular complexity index is 762. The molecule has 0 fully saturated rings. The number of hydrogen-bond donors (Lipinski definition) is 4. The van der Waals surface area contributed by atoms with Gasteiger partial charge < -0.3 is 44.9 Å². The van der Waals surface area contributed by atoms with Crippen LogP contribution in [0.5, 0.6) is 0 Å². The molecule has 0 radical (unpaired) electrons. The molecular weight excluding hydrogens is 560 g/mol. The fourth-order valence-corrected chi connectivity index (χ4v) is 3.72. The molecule has 0 spiro atoms.